The Kier molecular flexibility index (Phi) is 11.1. The molecule has 0 saturated heterocycles. The maximum Gasteiger partial charge on any atom is 0.155 e. The predicted molar refractivity (Wildman–Crippen MR) is 102 cm³/mol. The molecule has 0 unspecified atom stereocenters. The molecule has 0 fully saturated rings. The molecule has 0 saturated carbocycles. The molecule has 7 nitrogen and oxygen atoms in total. The number of nitrogens with zero attached hydrogens (tertiary/aromatic N) is 5. The van der Waals surface area contributed by atoms with E-state index in [-0.39, 0.29) is 31.6 Å². The number of hydrogen-bond acceptors (Lipinski definition) is 5. The van der Waals surface area contributed by atoms with Gasteiger partial charge in [0.2, 0.25) is 0 Å². The Labute approximate surface area is 178 Å². The van der Waals surface area contributed by atoms with Gasteiger partial charge in [0, 0.05) is 65.1 Å². The van der Waals surface area contributed by atoms with E-state index in [0.29, 0.717) is 0 Å². The molecule has 1 N–H and O–H groups in total. The number of aliphatic hydroxyl groups is 1. The average molecular weight is 556 g/mol. The number of aryl methyl sites for hydroxylation is 2. The number of rotatable bonds is 3. The van der Waals surface area contributed by atoms with Crippen LogP contribution in [0.5, 0.6) is 0 Å². The molecule has 8 heteroatoms. The van der Waals surface area contributed by atoms with Crippen LogP contribution in [0.25, 0.3) is 22.8 Å². The first-order chi connectivity index (χ1) is 12.9. The molecular weight excluding hydrogens is 534 g/mol. The SMILES string of the molecule is CC(=O)/C=C(/C)O.Cn1ccnc1-c1[c-]c(-c2nccn2C)ccc1.[C-]#N.[Ir]. The fourth-order valence-electron chi connectivity index (χ4n) is 2.27. The Hall–Kier alpha value is -3.01. The van der Waals surface area contributed by atoms with Gasteiger partial charge >= 0.3 is 0 Å². The number of ketones is 1. The van der Waals surface area contributed by atoms with Gasteiger partial charge in [-0.25, -0.2) is 0 Å². The van der Waals surface area contributed by atoms with Crippen molar-refractivity contribution in [1.29, 1.82) is 5.26 Å². The third-order valence-electron chi connectivity index (χ3n) is 3.33. The minimum atomic E-state index is -0.125. The van der Waals surface area contributed by atoms with E-state index in [9.17, 15) is 4.79 Å². The summed E-state index contributed by atoms with van der Waals surface area (Å²) < 4.78 is 3.96. The first-order valence-corrected chi connectivity index (χ1v) is 7.96. The van der Waals surface area contributed by atoms with Crippen LogP contribution in [0.4, 0.5) is 0 Å². The van der Waals surface area contributed by atoms with Gasteiger partial charge in [0.1, 0.15) is 0 Å². The van der Waals surface area contributed by atoms with Crippen molar-refractivity contribution in [1.82, 2.24) is 19.1 Å². The number of allylic oxidation sites excluding steroid dienone is 2. The van der Waals surface area contributed by atoms with Gasteiger partial charge in [-0.2, -0.15) is 0 Å². The summed E-state index contributed by atoms with van der Waals surface area (Å²) in [7, 11) is 3.95. The van der Waals surface area contributed by atoms with Crippen LogP contribution in [0.2, 0.25) is 0 Å². The van der Waals surface area contributed by atoms with E-state index < -0.39 is 0 Å². The summed E-state index contributed by atoms with van der Waals surface area (Å²) in [6.45, 7) is 7.60. The third-order valence-corrected chi connectivity index (χ3v) is 3.33. The standard InChI is InChI=1S/C14H13N4.C5H8O2.CN.Ir/c1-17-8-6-15-13(17)11-4-3-5-12(10-11)14-16-7-9-18(14)2;1-4(6)3-5(2)7;1-2;/h3-9H,1-2H3;3,6H,1-2H3;;/q-1;;-1;/b;4-3-;;. The molecule has 1 aromatic carbocycles. The van der Waals surface area contributed by atoms with Crippen molar-refractivity contribution in [3.63, 3.8) is 0 Å². The van der Waals surface area contributed by atoms with Crippen molar-refractivity contribution in [3.05, 3.63) is 67.5 Å². The molecule has 0 atom stereocenters. The number of benzene rings is 1. The minimum Gasteiger partial charge on any atom is -0.512 e. The van der Waals surface area contributed by atoms with Crippen LogP contribution in [0.15, 0.2) is 54.8 Å². The van der Waals surface area contributed by atoms with Crippen molar-refractivity contribution in [2.75, 3.05) is 0 Å². The van der Waals surface area contributed by atoms with Crippen LogP contribution in [-0.4, -0.2) is 30.0 Å². The van der Waals surface area contributed by atoms with E-state index in [1.54, 1.807) is 12.4 Å². The largest absolute Gasteiger partial charge is 0.512 e. The molecule has 28 heavy (non-hydrogen) atoms. The topological polar surface area (TPSA) is 96.7 Å². The summed E-state index contributed by atoms with van der Waals surface area (Å²) in [6, 6.07) is 9.39. The second kappa shape index (κ2) is 12.4. The maximum absolute atomic E-state index is 10.0. The van der Waals surface area contributed by atoms with Crippen LogP contribution in [0.1, 0.15) is 13.8 Å². The zero-order valence-corrected chi connectivity index (χ0v) is 18.4. The molecule has 0 spiro atoms. The molecule has 3 aromatic rings. The van der Waals surface area contributed by atoms with Gasteiger partial charge in [0.05, 0.1) is 17.4 Å². The normalized spacial score (nSPS) is 9.86. The van der Waals surface area contributed by atoms with E-state index in [4.69, 9.17) is 16.9 Å². The van der Waals surface area contributed by atoms with E-state index in [2.05, 4.69) is 16.0 Å². The Morgan fingerprint density at radius 3 is 1.75 bits per heavy atom. The summed E-state index contributed by atoms with van der Waals surface area (Å²) in [5.74, 6) is 1.75. The Bertz CT molecular complexity index is 881. The molecule has 3 rings (SSSR count). The molecule has 0 aliphatic rings. The van der Waals surface area contributed by atoms with Crippen LogP contribution < -0.4 is 0 Å². The van der Waals surface area contributed by atoms with Gasteiger partial charge in [-0.05, 0) is 13.8 Å². The zero-order valence-electron chi connectivity index (χ0n) is 16.0. The molecule has 2 heterocycles. The van der Waals surface area contributed by atoms with Crippen LogP contribution >= 0.6 is 0 Å². The number of imidazole rings is 2. The number of carbonyl (C=O) groups excluding carboxylic acids is 1. The van der Waals surface area contributed by atoms with Crippen LogP contribution in [-0.2, 0) is 39.0 Å². The molecule has 0 bridgehead atoms. The smallest absolute Gasteiger partial charge is 0.155 e. The maximum atomic E-state index is 10.0. The van der Waals surface area contributed by atoms with Gasteiger partial charge in [-0.15, -0.1) is 24.3 Å². The van der Waals surface area contributed by atoms with Gasteiger partial charge in [0.15, 0.2) is 5.78 Å². The Balaban J connectivity index is 0.000000628. The monoisotopic (exact) mass is 556 g/mol. The second-order valence-corrected chi connectivity index (χ2v) is 5.60. The zero-order chi connectivity index (χ0) is 20.4. The quantitative estimate of drug-likeness (QED) is 0.304. The Morgan fingerprint density at radius 1 is 1.07 bits per heavy atom. The fourth-order valence-corrected chi connectivity index (χ4v) is 2.27. The summed E-state index contributed by atoms with van der Waals surface area (Å²) in [5, 5.41) is 14.6. The number of carbonyl (C=O) groups is 1. The first kappa shape index (κ1) is 25.0. The number of aromatic nitrogens is 4. The molecule has 2 aromatic heterocycles. The second-order valence-electron chi connectivity index (χ2n) is 5.60. The van der Waals surface area contributed by atoms with Gasteiger partial charge < -0.3 is 26.1 Å². The molecule has 1 radical (unpaired) electrons. The van der Waals surface area contributed by atoms with E-state index >= 15 is 0 Å². The molecule has 149 valence electrons. The van der Waals surface area contributed by atoms with Crippen molar-refractivity contribution in [3.8, 4) is 22.8 Å². The fraction of sp³-hybridized carbons (Fsp3) is 0.200. The van der Waals surface area contributed by atoms with E-state index in [1.165, 1.54) is 19.9 Å². The van der Waals surface area contributed by atoms with Crippen molar-refractivity contribution in [2.45, 2.75) is 13.8 Å². The van der Waals surface area contributed by atoms with E-state index in [0.717, 1.165) is 22.8 Å². The van der Waals surface area contributed by atoms with Gasteiger partial charge in [-0.3, -0.25) is 14.8 Å². The molecule has 0 aliphatic carbocycles. The summed E-state index contributed by atoms with van der Waals surface area (Å²) in [4.78, 5) is 18.7. The predicted octanol–water partition coefficient (Wildman–Crippen LogP) is 3.42. The minimum absolute atomic E-state index is 0. The number of hydrogen-bond donors (Lipinski definition) is 1. The Morgan fingerprint density at radius 2 is 1.50 bits per heavy atom. The molecule has 0 aliphatic heterocycles. The average Bonchev–Trinajstić information content (AvgIpc) is 3.24. The molecular formula is C20H21IrN5O2-2. The summed E-state index contributed by atoms with van der Waals surface area (Å²) in [5.41, 5.74) is 1.95. The van der Waals surface area contributed by atoms with Crippen LogP contribution in [0.3, 0.4) is 0 Å². The van der Waals surface area contributed by atoms with Gasteiger partial charge in [0.25, 0.3) is 0 Å². The summed E-state index contributed by atoms with van der Waals surface area (Å²) >= 11 is 0. The molecule has 0 amide bonds. The number of aliphatic hydroxyl groups excluding tert-OH is 1. The van der Waals surface area contributed by atoms with Crippen molar-refractivity contribution in [2.24, 2.45) is 14.1 Å². The van der Waals surface area contributed by atoms with Crippen LogP contribution in [0, 0.1) is 17.9 Å². The summed E-state index contributed by atoms with van der Waals surface area (Å²) in [6.07, 6.45) is 8.60. The van der Waals surface area contributed by atoms with Gasteiger partial charge in [-0.1, -0.05) is 11.1 Å². The first-order valence-electron chi connectivity index (χ1n) is 7.96. The van der Waals surface area contributed by atoms with Crippen molar-refractivity contribution >= 4 is 5.78 Å². The van der Waals surface area contributed by atoms with E-state index in [1.807, 2.05) is 53.8 Å². The third kappa shape index (κ3) is 7.31. The van der Waals surface area contributed by atoms with Crippen molar-refractivity contribution < 1.29 is 30.0 Å².